The molecule has 0 amide bonds. The lowest BCUT2D eigenvalue weighted by Gasteiger charge is -1.97. The Kier molecular flexibility index (Phi) is 2.19. The Labute approximate surface area is 80.8 Å². The molecular weight excluding hydrogens is 180 g/mol. The summed E-state index contributed by atoms with van der Waals surface area (Å²) in [5, 5.41) is 11.9. The first-order valence-corrected chi connectivity index (χ1v) is 4.20. The summed E-state index contributed by atoms with van der Waals surface area (Å²) in [5.41, 5.74) is 6.42. The Morgan fingerprint density at radius 3 is 3.00 bits per heavy atom. The van der Waals surface area contributed by atoms with Crippen LogP contribution in [0.25, 0.3) is 5.82 Å². The van der Waals surface area contributed by atoms with Crippen LogP contribution in [0.5, 0.6) is 0 Å². The predicted octanol–water partition coefficient (Wildman–Crippen LogP) is -0.176. The largest absolute Gasteiger partial charge is 0.324 e. The molecule has 0 saturated heterocycles. The molecule has 0 unspecified atom stereocenters. The van der Waals surface area contributed by atoms with Gasteiger partial charge < -0.3 is 5.73 Å². The lowest BCUT2D eigenvalue weighted by Crippen LogP contribution is -2.03. The monoisotopic (exact) mass is 190 g/mol. The summed E-state index contributed by atoms with van der Waals surface area (Å²) in [6, 6.07) is 1.88. The minimum absolute atomic E-state index is 0.326. The van der Waals surface area contributed by atoms with E-state index in [0.717, 1.165) is 5.56 Å². The van der Waals surface area contributed by atoms with Crippen molar-refractivity contribution in [3.63, 3.8) is 0 Å². The Bertz CT molecular complexity index is 435. The van der Waals surface area contributed by atoms with Crippen molar-refractivity contribution in [1.82, 2.24) is 25.0 Å². The molecule has 2 heterocycles. The zero-order valence-electron chi connectivity index (χ0n) is 7.75. The van der Waals surface area contributed by atoms with Gasteiger partial charge in [0.2, 0.25) is 0 Å². The molecule has 0 spiro atoms. The fourth-order valence-electron chi connectivity index (χ4n) is 1.06. The summed E-state index contributed by atoms with van der Waals surface area (Å²) in [7, 11) is 0. The van der Waals surface area contributed by atoms with Crippen LogP contribution in [-0.4, -0.2) is 25.0 Å². The maximum Gasteiger partial charge on any atom is 0.177 e. The van der Waals surface area contributed by atoms with Crippen molar-refractivity contribution in [2.45, 2.75) is 13.5 Å². The standard InChI is InChI=1S/C8H10N6/c1-6-2-8(12-11-4-6)14-5-10-7(3-9)13-14/h2,4-5H,3,9H2,1H3. The summed E-state index contributed by atoms with van der Waals surface area (Å²) in [5.74, 6) is 1.24. The van der Waals surface area contributed by atoms with Gasteiger partial charge in [0.25, 0.3) is 0 Å². The Morgan fingerprint density at radius 2 is 2.36 bits per heavy atom. The molecular formula is C8H10N6. The van der Waals surface area contributed by atoms with Crippen LogP contribution < -0.4 is 5.73 Å². The van der Waals surface area contributed by atoms with Crippen molar-refractivity contribution < 1.29 is 0 Å². The van der Waals surface area contributed by atoms with Gasteiger partial charge in [-0.1, -0.05) is 0 Å². The third-order valence-corrected chi connectivity index (χ3v) is 1.73. The van der Waals surface area contributed by atoms with Gasteiger partial charge in [-0.2, -0.15) is 5.10 Å². The third-order valence-electron chi connectivity index (χ3n) is 1.73. The highest BCUT2D eigenvalue weighted by molar-refractivity contribution is 5.22. The number of aryl methyl sites for hydroxylation is 1. The number of rotatable bonds is 2. The van der Waals surface area contributed by atoms with Crippen LogP contribution in [0.1, 0.15) is 11.4 Å². The maximum absolute atomic E-state index is 5.40. The van der Waals surface area contributed by atoms with Crippen LogP contribution in [-0.2, 0) is 6.54 Å². The van der Waals surface area contributed by atoms with E-state index >= 15 is 0 Å². The molecule has 0 fully saturated rings. The number of hydrogen-bond donors (Lipinski definition) is 1. The molecule has 0 aliphatic heterocycles. The van der Waals surface area contributed by atoms with Crippen LogP contribution >= 0.6 is 0 Å². The van der Waals surface area contributed by atoms with Crippen molar-refractivity contribution in [2.75, 3.05) is 0 Å². The summed E-state index contributed by atoms with van der Waals surface area (Å²) < 4.78 is 1.56. The van der Waals surface area contributed by atoms with E-state index in [-0.39, 0.29) is 0 Å². The fourth-order valence-corrected chi connectivity index (χ4v) is 1.06. The first-order chi connectivity index (χ1) is 6.79. The second kappa shape index (κ2) is 3.51. The third kappa shape index (κ3) is 1.60. The van der Waals surface area contributed by atoms with Gasteiger partial charge in [-0.3, -0.25) is 0 Å². The molecule has 0 bridgehead atoms. The van der Waals surface area contributed by atoms with E-state index in [1.807, 2.05) is 13.0 Å². The van der Waals surface area contributed by atoms with Gasteiger partial charge in [0.15, 0.2) is 11.6 Å². The van der Waals surface area contributed by atoms with Gasteiger partial charge in [-0.25, -0.2) is 9.67 Å². The minimum atomic E-state index is 0.326. The molecule has 2 rings (SSSR count). The molecule has 6 heteroatoms. The van der Waals surface area contributed by atoms with Gasteiger partial charge in [-0.15, -0.1) is 10.2 Å². The molecule has 72 valence electrons. The van der Waals surface area contributed by atoms with E-state index in [0.29, 0.717) is 18.2 Å². The molecule has 0 saturated carbocycles. The highest BCUT2D eigenvalue weighted by Gasteiger charge is 2.02. The molecule has 0 aliphatic rings. The summed E-state index contributed by atoms with van der Waals surface area (Å²) in [6.07, 6.45) is 3.26. The van der Waals surface area contributed by atoms with Crippen LogP contribution in [0.3, 0.4) is 0 Å². The fraction of sp³-hybridized carbons (Fsp3) is 0.250. The smallest absolute Gasteiger partial charge is 0.177 e. The van der Waals surface area contributed by atoms with Crippen molar-refractivity contribution in [3.05, 3.63) is 30.0 Å². The highest BCUT2D eigenvalue weighted by Crippen LogP contribution is 2.02. The first kappa shape index (κ1) is 8.76. The molecule has 2 N–H and O–H groups in total. The van der Waals surface area contributed by atoms with Gasteiger partial charge in [0.1, 0.15) is 6.33 Å². The average molecular weight is 190 g/mol. The van der Waals surface area contributed by atoms with E-state index in [9.17, 15) is 0 Å². The second-order valence-electron chi connectivity index (χ2n) is 2.90. The summed E-state index contributed by atoms with van der Waals surface area (Å²) >= 11 is 0. The van der Waals surface area contributed by atoms with Crippen molar-refractivity contribution in [3.8, 4) is 5.82 Å². The lowest BCUT2D eigenvalue weighted by atomic mass is 10.3. The van der Waals surface area contributed by atoms with E-state index < -0.39 is 0 Å². The van der Waals surface area contributed by atoms with Gasteiger partial charge >= 0.3 is 0 Å². The van der Waals surface area contributed by atoms with E-state index in [1.165, 1.54) is 0 Å². The molecule has 6 nitrogen and oxygen atoms in total. The van der Waals surface area contributed by atoms with Crippen LogP contribution in [0.2, 0.25) is 0 Å². The molecule has 14 heavy (non-hydrogen) atoms. The van der Waals surface area contributed by atoms with E-state index in [4.69, 9.17) is 5.73 Å². The first-order valence-electron chi connectivity index (χ1n) is 4.20. The Morgan fingerprint density at radius 1 is 1.50 bits per heavy atom. The van der Waals surface area contributed by atoms with Crippen molar-refractivity contribution in [2.24, 2.45) is 5.73 Å². The molecule has 0 radical (unpaired) electrons. The summed E-state index contributed by atoms with van der Waals surface area (Å²) in [6.45, 7) is 2.27. The molecule has 2 aromatic rings. The van der Waals surface area contributed by atoms with Gasteiger partial charge in [0.05, 0.1) is 12.7 Å². The molecule has 0 atom stereocenters. The van der Waals surface area contributed by atoms with Crippen LogP contribution in [0.4, 0.5) is 0 Å². The maximum atomic E-state index is 5.40. The van der Waals surface area contributed by atoms with Crippen molar-refractivity contribution in [1.29, 1.82) is 0 Å². The SMILES string of the molecule is Cc1cnnc(-n2cnc(CN)n2)c1. The number of hydrogen-bond acceptors (Lipinski definition) is 5. The number of aromatic nitrogens is 5. The van der Waals surface area contributed by atoms with Gasteiger partial charge in [0, 0.05) is 0 Å². The zero-order chi connectivity index (χ0) is 9.97. The normalized spacial score (nSPS) is 10.4. The Balaban J connectivity index is 2.39. The Hall–Kier alpha value is -1.82. The topological polar surface area (TPSA) is 82.5 Å². The minimum Gasteiger partial charge on any atom is -0.324 e. The van der Waals surface area contributed by atoms with Crippen LogP contribution in [0, 0.1) is 6.92 Å². The molecule has 0 aliphatic carbocycles. The highest BCUT2D eigenvalue weighted by atomic mass is 15.4. The second-order valence-corrected chi connectivity index (χ2v) is 2.90. The summed E-state index contributed by atoms with van der Waals surface area (Å²) in [4.78, 5) is 4.00. The predicted molar refractivity (Wildman–Crippen MR) is 49.6 cm³/mol. The average Bonchev–Trinajstić information content (AvgIpc) is 2.66. The lowest BCUT2D eigenvalue weighted by molar-refractivity contribution is 0.784. The number of nitrogens with zero attached hydrogens (tertiary/aromatic N) is 5. The van der Waals surface area contributed by atoms with Crippen LogP contribution in [0.15, 0.2) is 18.6 Å². The molecule has 0 aromatic carbocycles. The zero-order valence-corrected chi connectivity index (χ0v) is 7.75. The number of nitrogens with two attached hydrogens (primary N) is 1. The van der Waals surface area contributed by atoms with E-state index in [2.05, 4.69) is 20.3 Å². The van der Waals surface area contributed by atoms with E-state index in [1.54, 1.807) is 17.2 Å². The van der Waals surface area contributed by atoms with Gasteiger partial charge in [-0.05, 0) is 18.6 Å². The molecule has 2 aromatic heterocycles. The van der Waals surface area contributed by atoms with Crippen molar-refractivity contribution >= 4 is 0 Å². The quantitative estimate of drug-likeness (QED) is 0.710.